The normalized spacial score (nSPS) is 26.8. The van der Waals surface area contributed by atoms with Crippen molar-refractivity contribution in [1.29, 1.82) is 0 Å². The van der Waals surface area contributed by atoms with Gasteiger partial charge in [0.05, 0.1) is 18.2 Å². The highest BCUT2D eigenvalue weighted by atomic mass is 16.5. The van der Waals surface area contributed by atoms with Crippen molar-refractivity contribution in [2.24, 2.45) is 15.6 Å². The highest BCUT2D eigenvalue weighted by molar-refractivity contribution is 6.01. The van der Waals surface area contributed by atoms with Gasteiger partial charge in [0.1, 0.15) is 12.3 Å². The Morgan fingerprint density at radius 3 is 2.94 bits per heavy atom. The van der Waals surface area contributed by atoms with Gasteiger partial charge >= 0.3 is 0 Å². The monoisotopic (exact) mass is 455 g/mol. The van der Waals surface area contributed by atoms with Crippen LogP contribution in [0.1, 0.15) is 45.6 Å². The number of fused-ring (bicyclic) bond motifs is 2. The molecule has 174 valence electrons. The molecule has 1 aromatic heterocycles. The summed E-state index contributed by atoms with van der Waals surface area (Å²) in [6, 6.07) is 12.6. The standard InChI is InChI=1S/C27H29N5O2/c1-4-27(19-16-29-31-24(19)30-20-14-26(2,3)15-22(33)23(20)27)17-7-5-8-18(13-17)32-11-12-34-25-21(32)9-6-10-28-25/h5-10,13,16,24,30H,4,11-12,14-15H2,1-3H3/t24?,27-/m1/s1. The fourth-order valence-electron chi connectivity index (χ4n) is 6.15. The second kappa shape index (κ2) is 7.52. The number of hydrogen-bond acceptors (Lipinski definition) is 7. The number of Topliss-reactive ketones (excluding diaryl/α,β-unsaturated/α-hetero) is 1. The molecule has 4 heterocycles. The van der Waals surface area contributed by atoms with E-state index in [0.29, 0.717) is 18.9 Å². The van der Waals surface area contributed by atoms with E-state index < -0.39 is 5.41 Å². The average molecular weight is 456 g/mol. The lowest BCUT2D eigenvalue weighted by Crippen LogP contribution is -2.51. The second-order valence-corrected chi connectivity index (χ2v) is 10.3. The van der Waals surface area contributed by atoms with Crippen molar-refractivity contribution >= 4 is 17.2 Å². The van der Waals surface area contributed by atoms with Gasteiger partial charge < -0.3 is 15.0 Å². The topological polar surface area (TPSA) is 79.2 Å². The van der Waals surface area contributed by atoms with Gasteiger partial charge in [0, 0.05) is 35.1 Å². The molecule has 0 fully saturated rings. The second-order valence-electron chi connectivity index (χ2n) is 10.3. The van der Waals surface area contributed by atoms with Crippen LogP contribution in [0, 0.1) is 5.41 Å². The summed E-state index contributed by atoms with van der Waals surface area (Å²) in [4.78, 5) is 20.4. The van der Waals surface area contributed by atoms with Crippen molar-refractivity contribution in [3.8, 4) is 5.88 Å². The Morgan fingerprint density at radius 1 is 1.21 bits per heavy atom. The minimum Gasteiger partial charge on any atom is -0.474 e. The van der Waals surface area contributed by atoms with Gasteiger partial charge in [0.2, 0.25) is 5.88 Å². The molecule has 1 unspecified atom stereocenters. The van der Waals surface area contributed by atoms with Gasteiger partial charge in [0.25, 0.3) is 0 Å². The van der Waals surface area contributed by atoms with Crippen LogP contribution < -0.4 is 15.0 Å². The summed E-state index contributed by atoms with van der Waals surface area (Å²) >= 11 is 0. The van der Waals surface area contributed by atoms with E-state index in [2.05, 4.69) is 70.5 Å². The number of azo groups is 1. The van der Waals surface area contributed by atoms with E-state index in [-0.39, 0.29) is 17.4 Å². The summed E-state index contributed by atoms with van der Waals surface area (Å²) in [5.41, 5.74) is 5.48. The maximum atomic E-state index is 13.7. The minimum atomic E-state index is -0.553. The van der Waals surface area contributed by atoms with Crippen molar-refractivity contribution in [2.75, 3.05) is 18.1 Å². The van der Waals surface area contributed by atoms with Gasteiger partial charge in [-0.15, -0.1) is 0 Å². The molecule has 0 saturated heterocycles. The number of carbonyl (C=O) groups excluding carboxylic acids is 1. The lowest BCUT2D eigenvalue weighted by Gasteiger charge is -2.48. The molecule has 0 amide bonds. The highest BCUT2D eigenvalue weighted by Gasteiger charge is 2.53. The largest absolute Gasteiger partial charge is 0.474 e. The first-order valence-corrected chi connectivity index (χ1v) is 12.0. The number of ether oxygens (including phenoxy) is 1. The molecule has 0 radical (unpaired) electrons. The molecule has 0 spiro atoms. The van der Waals surface area contributed by atoms with Crippen LogP contribution in [0.15, 0.2) is 75.9 Å². The van der Waals surface area contributed by atoms with E-state index in [0.717, 1.165) is 53.2 Å². The Balaban J connectivity index is 1.53. The van der Waals surface area contributed by atoms with Gasteiger partial charge in [-0.05, 0) is 48.1 Å². The predicted octanol–water partition coefficient (Wildman–Crippen LogP) is 5.18. The highest BCUT2D eigenvalue weighted by Crippen LogP contribution is 2.54. The predicted molar refractivity (Wildman–Crippen MR) is 130 cm³/mol. The van der Waals surface area contributed by atoms with Gasteiger partial charge in [-0.3, -0.25) is 4.79 Å². The molecule has 4 aliphatic rings. The molecular formula is C27H29N5O2. The molecule has 0 bridgehead atoms. The summed E-state index contributed by atoms with van der Waals surface area (Å²) in [6.45, 7) is 7.80. The Labute approximate surface area is 199 Å². The Kier molecular flexibility index (Phi) is 4.66. The van der Waals surface area contributed by atoms with E-state index in [1.807, 2.05) is 18.3 Å². The van der Waals surface area contributed by atoms with Crippen LogP contribution in [-0.2, 0) is 10.2 Å². The number of pyridine rings is 1. The number of rotatable bonds is 3. The van der Waals surface area contributed by atoms with E-state index in [1.165, 1.54) is 0 Å². The molecule has 2 atom stereocenters. The third kappa shape index (κ3) is 3.02. The van der Waals surface area contributed by atoms with Crippen LogP contribution in [0.5, 0.6) is 5.88 Å². The number of hydrogen-bond donors (Lipinski definition) is 1. The zero-order valence-corrected chi connectivity index (χ0v) is 19.8. The molecule has 6 rings (SSSR count). The summed E-state index contributed by atoms with van der Waals surface area (Å²) in [5.74, 6) is 0.871. The van der Waals surface area contributed by atoms with E-state index in [1.54, 1.807) is 6.20 Å². The summed E-state index contributed by atoms with van der Waals surface area (Å²) in [6.07, 6.45) is 5.53. The quantitative estimate of drug-likeness (QED) is 0.690. The number of carbonyl (C=O) groups is 1. The van der Waals surface area contributed by atoms with E-state index in [9.17, 15) is 4.79 Å². The van der Waals surface area contributed by atoms with Crippen molar-refractivity contribution < 1.29 is 9.53 Å². The third-order valence-corrected chi connectivity index (χ3v) is 7.56. The first-order valence-electron chi connectivity index (χ1n) is 12.0. The van der Waals surface area contributed by atoms with Crippen LogP contribution in [-0.4, -0.2) is 30.1 Å². The molecule has 2 aromatic rings. The van der Waals surface area contributed by atoms with Gasteiger partial charge in [-0.1, -0.05) is 32.9 Å². The van der Waals surface area contributed by atoms with Crippen molar-refractivity contribution in [1.82, 2.24) is 10.3 Å². The average Bonchev–Trinajstić information content (AvgIpc) is 3.30. The molecule has 1 aromatic carbocycles. The molecule has 7 heteroatoms. The number of anilines is 2. The molecule has 0 saturated carbocycles. The first-order chi connectivity index (χ1) is 16.4. The molecule has 7 nitrogen and oxygen atoms in total. The van der Waals surface area contributed by atoms with Crippen molar-refractivity contribution in [3.05, 3.63) is 71.2 Å². The van der Waals surface area contributed by atoms with Crippen LogP contribution in [0.4, 0.5) is 11.4 Å². The van der Waals surface area contributed by atoms with Crippen LogP contribution >= 0.6 is 0 Å². The number of nitrogens with zero attached hydrogens (tertiary/aromatic N) is 4. The van der Waals surface area contributed by atoms with Crippen LogP contribution in [0.2, 0.25) is 0 Å². The lowest BCUT2D eigenvalue weighted by molar-refractivity contribution is -0.119. The molecule has 1 aliphatic carbocycles. The SMILES string of the molecule is CC[C@@]1(c2cccc(N3CCOc4ncccc43)c2)C2=CN=NC2NC2=C1C(=O)CC(C)(C)C2. The van der Waals surface area contributed by atoms with E-state index >= 15 is 0 Å². The van der Waals surface area contributed by atoms with Gasteiger partial charge in [-0.2, -0.15) is 10.2 Å². The zero-order valence-electron chi connectivity index (χ0n) is 19.8. The number of allylic oxidation sites excluding steroid dienone is 2. The number of nitrogens with one attached hydrogen (secondary N) is 1. The third-order valence-electron chi connectivity index (χ3n) is 7.56. The summed E-state index contributed by atoms with van der Waals surface area (Å²) < 4.78 is 5.78. The Hall–Kier alpha value is -3.48. The maximum absolute atomic E-state index is 13.7. The summed E-state index contributed by atoms with van der Waals surface area (Å²) in [7, 11) is 0. The molecule has 34 heavy (non-hydrogen) atoms. The number of benzene rings is 1. The zero-order chi connectivity index (χ0) is 23.5. The smallest absolute Gasteiger partial charge is 0.237 e. The molecule has 1 N–H and O–H groups in total. The fraction of sp³-hybridized carbons (Fsp3) is 0.407. The number of aromatic nitrogens is 1. The Morgan fingerprint density at radius 2 is 2.09 bits per heavy atom. The molecule has 3 aliphatic heterocycles. The first kappa shape index (κ1) is 21.1. The lowest BCUT2D eigenvalue weighted by atomic mass is 9.59. The van der Waals surface area contributed by atoms with E-state index in [4.69, 9.17) is 4.74 Å². The number of ketones is 1. The van der Waals surface area contributed by atoms with Gasteiger partial charge in [-0.25, -0.2) is 4.98 Å². The fourth-order valence-corrected chi connectivity index (χ4v) is 6.15. The summed E-state index contributed by atoms with van der Waals surface area (Å²) in [5, 5.41) is 12.3. The minimum absolute atomic E-state index is 0.0777. The van der Waals surface area contributed by atoms with Crippen LogP contribution in [0.25, 0.3) is 0 Å². The van der Waals surface area contributed by atoms with Crippen LogP contribution in [0.3, 0.4) is 0 Å². The molecular weight excluding hydrogens is 426 g/mol. The van der Waals surface area contributed by atoms with Gasteiger partial charge in [0.15, 0.2) is 11.9 Å². The Bertz CT molecular complexity index is 1280. The maximum Gasteiger partial charge on any atom is 0.237 e. The van der Waals surface area contributed by atoms with Crippen molar-refractivity contribution in [2.45, 2.75) is 51.6 Å². The van der Waals surface area contributed by atoms with Crippen molar-refractivity contribution in [3.63, 3.8) is 0 Å².